The molecule has 3 rings (SSSR count). The lowest BCUT2D eigenvalue weighted by atomic mass is 10.2. The number of morpholine rings is 1. The van der Waals surface area contributed by atoms with E-state index in [1.54, 1.807) is 0 Å². The van der Waals surface area contributed by atoms with Gasteiger partial charge in [-0.05, 0) is 37.2 Å². The Kier molecular flexibility index (Phi) is 4.12. The van der Waals surface area contributed by atoms with E-state index in [1.807, 2.05) is 50.3 Å². The number of thioether (sulfide) groups is 1. The standard InChI is InChI=1S/C16H18N2O2S/c1-11-9-18(10-12(2)20-11)16-17-15(19)14(21-16)8-13-6-4-3-5-7-13/h3-8,11-12H,9-10H2,1-2H3/t11-,12-/m1/s1. The van der Waals surface area contributed by atoms with Crippen molar-refractivity contribution in [2.75, 3.05) is 13.1 Å². The largest absolute Gasteiger partial charge is 0.372 e. The van der Waals surface area contributed by atoms with Gasteiger partial charge in [0.2, 0.25) is 0 Å². The minimum absolute atomic E-state index is 0.148. The van der Waals surface area contributed by atoms with Gasteiger partial charge in [-0.3, -0.25) is 4.79 Å². The summed E-state index contributed by atoms with van der Waals surface area (Å²) in [5.41, 5.74) is 1.02. The van der Waals surface area contributed by atoms with Crippen LogP contribution in [0.2, 0.25) is 0 Å². The molecule has 0 saturated carbocycles. The van der Waals surface area contributed by atoms with Crippen molar-refractivity contribution in [3.8, 4) is 0 Å². The zero-order chi connectivity index (χ0) is 14.8. The number of nitrogens with zero attached hydrogens (tertiary/aromatic N) is 2. The van der Waals surface area contributed by atoms with E-state index in [0.29, 0.717) is 4.91 Å². The van der Waals surface area contributed by atoms with Gasteiger partial charge in [-0.2, -0.15) is 4.99 Å². The molecule has 0 aliphatic carbocycles. The summed E-state index contributed by atoms with van der Waals surface area (Å²) in [6, 6.07) is 9.85. The molecule has 0 spiro atoms. The molecular formula is C16H18N2O2S. The maximum atomic E-state index is 12.1. The van der Waals surface area contributed by atoms with Gasteiger partial charge in [-0.15, -0.1) is 0 Å². The Hall–Kier alpha value is -1.59. The van der Waals surface area contributed by atoms with Gasteiger partial charge in [-0.25, -0.2) is 0 Å². The van der Waals surface area contributed by atoms with Crippen LogP contribution in [0, 0.1) is 0 Å². The van der Waals surface area contributed by atoms with Gasteiger partial charge in [-0.1, -0.05) is 30.3 Å². The number of carbonyl (C=O) groups excluding carboxylic acids is 1. The number of ether oxygens (including phenoxy) is 1. The predicted molar refractivity (Wildman–Crippen MR) is 86.0 cm³/mol. The third-order valence-electron chi connectivity index (χ3n) is 3.40. The van der Waals surface area contributed by atoms with Gasteiger partial charge in [0.15, 0.2) is 5.17 Å². The fourth-order valence-electron chi connectivity index (χ4n) is 2.57. The predicted octanol–water partition coefficient (Wildman–Crippen LogP) is 2.77. The fourth-order valence-corrected chi connectivity index (χ4v) is 3.50. The number of aliphatic imine (C=N–C) groups is 1. The van der Waals surface area contributed by atoms with Crippen LogP contribution in [0.15, 0.2) is 40.2 Å². The van der Waals surface area contributed by atoms with Crippen molar-refractivity contribution in [2.45, 2.75) is 26.1 Å². The summed E-state index contributed by atoms with van der Waals surface area (Å²) in [5, 5.41) is 0.796. The SMILES string of the molecule is C[C@@H]1CN(C2=NC(=O)C(=Cc3ccccc3)S2)C[C@@H](C)O1. The summed E-state index contributed by atoms with van der Waals surface area (Å²) in [4.78, 5) is 19.1. The van der Waals surface area contributed by atoms with Crippen LogP contribution >= 0.6 is 11.8 Å². The quantitative estimate of drug-likeness (QED) is 0.748. The number of carbonyl (C=O) groups is 1. The second-order valence-corrected chi connectivity index (χ2v) is 6.39. The zero-order valence-electron chi connectivity index (χ0n) is 12.2. The van der Waals surface area contributed by atoms with Crippen LogP contribution in [-0.4, -0.2) is 41.3 Å². The highest BCUT2D eigenvalue weighted by molar-refractivity contribution is 8.18. The molecule has 21 heavy (non-hydrogen) atoms. The molecule has 1 fully saturated rings. The summed E-state index contributed by atoms with van der Waals surface area (Å²) in [7, 11) is 0. The average Bonchev–Trinajstić information content (AvgIpc) is 2.80. The van der Waals surface area contributed by atoms with Crippen LogP contribution in [0.1, 0.15) is 19.4 Å². The molecule has 0 N–H and O–H groups in total. The van der Waals surface area contributed by atoms with Gasteiger partial charge in [0.05, 0.1) is 17.1 Å². The molecule has 0 bridgehead atoms. The summed E-state index contributed by atoms with van der Waals surface area (Å²) in [6.07, 6.45) is 2.22. The molecule has 110 valence electrons. The molecule has 2 aliphatic rings. The second kappa shape index (κ2) is 6.03. The minimum atomic E-state index is -0.148. The second-order valence-electron chi connectivity index (χ2n) is 5.38. The first-order valence-corrected chi connectivity index (χ1v) is 7.91. The Bertz CT molecular complexity index is 588. The van der Waals surface area contributed by atoms with Crippen LogP contribution in [0.25, 0.3) is 6.08 Å². The molecule has 2 heterocycles. The van der Waals surface area contributed by atoms with Crippen molar-refractivity contribution < 1.29 is 9.53 Å². The lowest BCUT2D eigenvalue weighted by molar-refractivity contribution is -0.113. The summed E-state index contributed by atoms with van der Waals surface area (Å²) in [6.45, 7) is 5.65. The van der Waals surface area contributed by atoms with E-state index in [9.17, 15) is 4.79 Å². The molecule has 1 saturated heterocycles. The first-order valence-electron chi connectivity index (χ1n) is 7.10. The number of amidine groups is 1. The molecule has 1 amide bonds. The number of amides is 1. The Labute approximate surface area is 128 Å². The first-order chi connectivity index (χ1) is 10.1. The van der Waals surface area contributed by atoms with Gasteiger partial charge in [0.1, 0.15) is 0 Å². The van der Waals surface area contributed by atoms with E-state index in [0.717, 1.165) is 23.8 Å². The molecule has 0 aromatic heterocycles. The highest BCUT2D eigenvalue weighted by Gasteiger charge is 2.30. The number of benzene rings is 1. The zero-order valence-corrected chi connectivity index (χ0v) is 13.0. The third kappa shape index (κ3) is 3.36. The molecule has 2 aliphatic heterocycles. The van der Waals surface area contributed by atoms with Gasteiger partial charge >= 0.3 is 0 Å². The van der Waals surface area contributed by atoms with Crippen molar-refractivity contribution in [1.29, 1.82) is 0 Å². The highest BCUT2D eigenvalue weighted by Crippen LogP contribution is 2.31. The van der Waals surface area contributed by atoms with E-state index in [-0.39, 0.29) is 18.1 Å². The van der Waals surface area contributed by atoms with E-state index in [2.05, 4.69) is 9.89 Å². The van der Waals surface area contributed by atoms with Gasteiger partial charge in [0, 0.05) is 13.1 Å². The molecule has 5 heteroatoms. The maximum absolute atomic E-state index is 12.1. The van der Waals surface area contributed by atoms with E-state index < -0.39 is 0 Å². The van der Waals surface area contributed by atoms with Crippen molar-refractivity contribution in [3.05, 3.63) is 40.8 Å². The topological polar surface area (TPSA) is 41.9 Å². The van der Waals surface area contributed by atoms with Crippen LogP contribution < -0.4 is 0 Å². The Balaban J connectivity index is 1.74. The summed E-state index contributed by atoms with van der Waals surface area (Å²) >= 11 is 1.46. The lowest BCUT2D eigenvalue weighted by Crippen LogP contribution is -2.47. The molecule has 4 nitrogen and oxygen atoms in total. The van der Waals surface area contributed by atoms with Crippen molar-refractivity contribution in [3.63, 3.8) is 0 Å². The third-order valence-corrected chi connectivity index (χ3v) is 4.44. The molecular weight excluding hydrogens is 284 g/mol. The fraction of sp³-hybridized carbons (Fsp3) is 0.375. The Morgan fingerprint density at radius 1 is 1.24 bits per heavy atom. The van der Waals surface area contributed by atoms with Crippen LogP contribution in [0.4, 0.5) is 0 Å². The lowest BCUT2D eigenvalue weighted by Gasteiger charge is -2.35. The van der Waals surface area contributed by atoms with E-state index >= 15 is 0 Å². The van der Waals surface area contributed by atoms with Crippen LogP contribution in [0.5, 0.6) is 0 Å². The number of rotatable bonds is 1. The van der Waals surface area contributed by atoms with Crippen molar-refractivity contribution in [1.82, 2.24) is 4.90 Å². The first kappa shape index (κ1) is 14.4. The van der Waals surface area contributed by atoms with Crippen molar-refractivity contribution >= 4 is 28.9 Å². The molecule has 0 radical (unpaired) electrons. The van der Waals surface area contributed by atoms with Crippen LogP contribution in [0.3, 0.4) is 0 Å². The Morgan fingerprint density at radius 3 is 2.57 bits per heavy atom. The molecule has 1 aromatic rings. The molecule has 1 aromatic carbocycles. The Morgan fingerprint density at radius 2 is 1.90 bits per heavy atom. The minimum Gasteiger partial charge on any atom is -0.372 e. The van der Waals surface area contributed by atoms with E-state index in [4.69, 9.17) is 4.74 Å². The molecule has 2 atom stereocenters. The summed E-state index contributed by atoms with van der Waals surface area (Å²) < 4.78 is 5.72. The normalized spacial score (nSPS) is 28.1. The van der Waals surface area contributed by atoms with E-state index in [1.165, 1.54) is 11.8 Å². The highest BCUT2D eigenvalue weighted by atomic mass is 32.2. The smallest absolute Gasteiger partial charge is 0.286 e. The molecule has 0 unspecified atom stereocenters. The number of hydrogen-bond acceptors (Lipinski definition) is 4. The van der Waals surface area contributed by atoms with Gasteiger partial charge < -0.3 is 9.64 Å². The monoisotopic (exact) mass is 302 g/mol. The number of hydrogen-bond donors (Lipinski definition) is 0. The summed E-state index contributed by atoms with van der Waals surface area (Å²) in [5.74, 6) is -0.148. The van der Waals surface area contributed by atoms with Crippen molar-refractivity contribution in [2.24, 2.45) is 4.99 Å². The van der Waals surface area contributed by atoms with Gasteiger partial charge in [0.25, 0.3) is 5.91 Å². The average molecular weight is 302 g/mol. The maximum Gasteiger partial charge on any atom is 0.286 e. The van der Waals surface area contributed by atoms with Crippen LogP contribution in [-0.2, 0) is 9.53 Å².